The summed E-state index contributed by atoms with van der Waals surface area (Å²) in [6.07, 6.45) is 7.80. The van der Waals surface area contributed by atoms with Crippen molar-refractivity contribution >= 4 is 39.7 Å². The molecule has 0 radical (unpaired) electrons. The molecular formula is C25H25NO7. The van der Waals surface area contributed by atoms with Gasteiger partial charge in [0.05, 0.1) is 12.7 Å². The topological polar surface area (TPSA) is 107 Å². The van der Waals surface area contributed by atoms with Gasteiger partial charge in [-0.2, -0.15) is 0 Å². The van der Waals surface area contributed by atoms with Crippen molar-refractivity contribution < 1.29 is 28.1 Å². The molecule has 8 heteroatoms. The largest absolute Gasteiger partial charge is 0.464 e. The Labute approximate surface area is 189 Å². The molecule has 1 saturated heterocycles. The Morgan fingerprint density at radius 2 is 1.76 bits per heavy atom. The van der Waals surface area contributed by atoms with Crippen LogP contribution in [-0.4, -0.2) is 22.8 Å². The van der Waals surface area contributed by atoms with Crippen LogP contribution in [0.15, 0.2) is 32.0 Å². The van der Waals surface area contributed by atoms with Gasteiger partial charge in [-0.15, -0.1) is 5.06 Å². The smallest absolute Gasteiger partial charge is 0.339 e. The van der Waals surface area contributed by atoms with Crippen LogP contribution in [0, 0.1) is 6.92 Å². The first-order valence-electron chi connectivity index (χ1n) is 11.5. The first-order chi connectivity index (χ1) is 15.9. The highest BCUT2D eigenvalue weighted by Gasteiger charge is 2.32. The highest BCUT2D eigenvalue weighted by atomic mass is 16.7. The van der Waals surface area contributed by atoms with E-state index in [4.69, 9.17) is 13.7 Å². The van der Waals surface area contributed by atoms with Gasteiger partial charge in [-0.1, -0.05) is 19.3 Å². The zero-order chi connectivity index (χ0) is 23.1. The quantitative estimate of drug-likeness (QED) is 0.417. The van der Waals surface area contributed by atoms with Gasteiger partial charge in [-0.05, 0) is 43.7 Å². The number of amides is 2. The molecule has 1 aliphatic heterocycles. The van der Waals surface area contributed by atoms with Gasteiger partial charge < -0.3 is 13.7 Å². The van der Waals surface area contributed by atoms with Gasteiger partial charge >= 0.3 is 11.6 Å². The molecule has 0 spiro atoms. The van der Waals surface area contributed by atoms with Crippen molar-refractivity contribution in [3.63, 3.8) is 0 Å². The summed E-state index contributed by atoms with van der Waals surface area (Å²) < 4.78 is 11.3. The second-order valence-electron chi connectivity index (χ2n) is 8.91. The number of nitrogens with zero attached hydrogens (tertiary/aromatic N) is 1. The van der Waals surface area contributed by atoms with Crippen LogP contribution < -0.4 is 5.63 Å². The molecule has 2 amide bonds. The van der Waals surface area contributed by atoms with Gasteiger partial charge in [0.1, 0.15) is 11.2 Å². The molecule has 2 fully saturated rings. The molecule has 2 aromatic heterocycles. The Hall–Kier alpha value is -3.42. The van der Waals surface area contributed by atoms with Gasteiger partial charge in [-0.3, -0.25) is 9.59 Å². The minimum absolute atomic E-state index is 0.0326. The lowest BCUT2D eigenvalue weighted by Crippen LogP contribution is -2.32. The van der Waals surface area contributed by atoms with E-state index in [0.717, 1.165) is 29.2 Å². The van der Waals surface area contributed by atoms with Crippen LogP contribution in [0.5, 0.6) is 0 Å². The standard InChI is InChI=1S/C25H25NO7/c1-14-16(7-10-24(29)33-26-22(27)8-9-23(26)28)25(30)32-21-12-20-18(11-17(14)21)19(13-31-20)15-5-3-2-4-6-15/h11-13,15H,2-10H2,1H3. The van der Waals surface area contributed by atoms with Crippen molar-refractivity contribution in [3.05, 3.63) is 45.5 Å². The molecule has 1 aromatic carbocycles. The third kappa shape index (κ3) is 3.94. The number of aryl methyl sites for hydroxylation is 1. The van der Waals surface area contributed by atoms with E-state index in [1.165, 1.54) is 24.8 Å². The second kappa shape index (κ2) is 8.50. The zero-order valence-corrected chi connectivity index (χ0v) is 18.5. The number of imide groups is 1. The maximum atomic E-state index is 12.6. The summed E-state index contributed by atoms with van der Waals surface area (Å²) in [5.41, 5.74) is 2.92. The SMILES string of the molecule is Cc1c(CCC(=O)ON2C(=O)CCC2=O)c(=O)oc2cc3occ(C4CCCCC4)c3cc12. The predicted molar refractivity (Wildman–Crippen MR) is 118 cm³/mol. The van der Waals surface area contributed by atoms with E-state index < -0.39 is 23.4 Å². The minimum Gasteiger partial charge on any atom is -0.464 e. The van der Waals surface area contributed by atoms with Crippen molar-refractivity contribution in [3.8, 4) is 0 Å². The van der Waals surface area contributed by atoms with E-state index >= 15 is 0 Å². The fourth-order valence-electron chi connectivity index (χ4n) is 4.98. The molecule has 0 unspecified atom stereocenters. The third-order valence-corrected chi connectivity index (χ3v) is 6.83. The predicted octanol–water partition coefficient (Wildman–Crippen LogP) is 4.44. The normalized spacial score (nSPS) is 17.4. The van der Waals surface area contributed by atoms with Crippen LogP contribution >= 0.6 is 0 Å². The Morgan fingerprint density at radius 3 is 2.48 bits per heavy atom. The van der Waals surface area contributed by atoms with E-state index in [2.05, 4.69) is 0 Å². The summed E-state index contributed by atoms with van der Waals surface area (Å²) in [6.45, 7) is 1.83. The molecule has 3 heterocycles. The molecule has 0 N–H and O–H groups in total. The first-order valence-corrected chi connectivity index (χ1v) is 11.5. The van der Waals surface area contributed by atoms with E-state index in [-0.39, 0.29) is 25.7 Å². The number of hydroxylamine groups is 2. The lowest BCUT2D eigenvalue weighted by atomic mass is 9.84. The number of carbonyl (C=O) groups excluding carboxylic acids is 3. The Bertz CT molecular complexity index is 1310. The van der Waals surface area contributed by atoms with Crippen molar-refractivity contribution in [2.45, 2.75) is 70.6 Å². The van der Waals surface area contributed by atoms with Crippen molar-refractivity contribution in [1.29, 1.82) is 0 Å². The van der Waals surface area contributed by atoms with E-state index in [0.29, 0.717) is 27.7 Å². The lowest BCUT2D eigenvalue weighted by molar-refractivity contribution is -0.197. The molecule has 0 bridgehead atoms. The summed E-state index contributed by atoms with van der Waals surface area (Å²) in [7, 11) is 0. The van der Waals surface area contributed by atoms with Crippen LogP contribution in [0.1, 0.15) is 74.0 Å². The first kappa shape index (κ1) is 21.4. The van der Waals surface area contributed by atoms with Crippen molar-refractivity contribution in [1.82, 2.24) is 5.06 Å². The number of rotatable bonds is 5. The number of furan rings is 1. The van der Waals surface area contributed by atoms with Gasteiger partial charge in [-0.25, -0.2) is 9.59 Å². The number of hydrogen-bond acceptors (Lipinski definition) is 7. The molecule has 1 aliphatic carbocycles. The summed E-state index contributed by atoms with van der Waals surface area (Å²) >= 11 is 0. The highest BCUT2D eigenvalue weighted by Crippen LogP contribution is 2.39. The van der Waals surface area contributed by atoms with Gasteiger partial charge in [0, 0.05) is 40.8 Å². The monoisotopic (exact) mass is 451 g/mol. The van der Waals surface area contributed by atoms with E-state index in [9.17, 15) is 19.2 Å². The van der Waals surface area contributed by atoms with E-state index in [1.807, 2.05) is 19.3 Å². The molecule has 2 aliphatic rings. The van der Waals surface area contributed by atoms with Gasteiger partial charge in [0.15, 0.2) is 0 Å². The van der Waals surface area contributed by atoms with Crippen LogP contribution in [-0.2, 0) is 25.6 Å². The molecular weight excluding hydrogens is 426 g/mol. The molecule has 172 valence electrons. The average Bonchev–Trinajstić information content (AvgIpc) is 3.36. The summed E-state index contributed by atoms with van der Waals surface area (Å²) in [5.74, 6) is -1.35. The number of hydrogen-bond donors (Lipinski definition) is 0. The minimum atomic E-state index is -0.748. The molecule has 0 atom stereocenters. The maximum absolute atomic E-state index is 12.6. The van der Waals surface area contributed by atoms with Crippen LogP contribution in [0.4, 0.5) is 0 Å². The highest BCUT2D eigenvalue weighted by molar-refractivity contribution is 6.01. The Balaban J connectivity index is 1.42. The fraction of sp³-hybridized carbons (Fsp3) is 0.440. The summed E-state index contributed by atoms with van der Waals surface area (Å²) in [6, 6.07) is 3.77. The molecule has 3 aromatic rings. The maximum Gasteiger partial charge on any atom is 0.339 e. The second-order valence-corrected chi connectivity index (χ2v) is 8.91. The molecule has 5 rings (SSSR count). The summed E-state index contributed by atoms with van der Waals surface area (Å²) in [4.78, 5) is 53.0. The molecule has 33 heavy (non-hydrogen) atoms. The lowest BCUT2D eigenvalue weighted by Gasteiger charge is -2.20. The fourth-order valence-corrected chi connectivity index (χ4v) is 4.98. The number of carbonyl (C=O) groups is 3. The van der Waals surface area contributed by atoms with Gasteiger partial charge in [0.25, 0.3) is 11.8 Å². The van der Waals surface area contributed by atoms with Crippen LogP contribution in [0.3, 0.4) is 0 Å². The Kier molecular flexibility index (Phi) is 5.52. The molecule has 8 nitrogen and oxygen atoms in total. The van der Waals surface area contributed by atoms with E-state index in [1.54, 1.807) is 6.07 Å². The molecule has 1 saturated carbocycles. The number of fused-ring (bicyclic) bond motifs is 2. The Morgan fingerprint density at radius 1 is 1.03 bits per heavy atom. The van der Waals surface area contributed by atoms with Crippen LogP contribution in [0.2, 0.25) is 0 Å². The third-order valence-electron chi connectivity index (χ3n) is 6.83. The van der Waals surface area contributed by atoms with Crippen molar-refractivity contribution in [2.24, 2.45) is 0 Å². The average molecular weight is 451 g/mol. The number of benzene rings is 1. The zero-order valence-electron chi connectivity index (χ0n) is 18.5. The van der Waals surface area contributed by atoms with Crippen molar-refractivity contribution in [2.75, 3.05) is 0 Å². The summed E-state index contributed by atoms with van der Waals surface area (Å²) in [5, 5.41) is 2.34. The van der Waals surface area contributed by atoms with Gasteiger partial charge in [0.2, 0.25) is 0 Å². The van der Waals surface area contributed by atoms with Crippen LogP contribution in [0.25, 0.3) is 21.9 Å².